The zero-order valence-electron chi connectivity index (χ0n) is 10.9. The van der Waals surface area contributed by atoms with Crippen molar-refractivity contribution in [3.8, 4) is 0 Å². The Balaban J connectivity index is 2.06. The summed E-state index contributed by atoms with van der Waals surface area (Å²) >= 11 is 1.49. The maximum atomic E-state index is 11.0. The monoisotopic (exact) mass is 272 g/mol. The number of aromatic nitrogens is 1. The molecule has 3 rings (SSSR count). The van der Waals surface area contributed by atoms with Crippen LogP contribution in [0.25, 0.3) is 0 Å². The van der Waals surface area contributed by atoms with Crippen molar-refractivity contribution >= 4 is 28.4 Å². The molecular weight excluding hydrogens is 256 g/mol. The number of aldehydes is 1. The lowest BCUT2D eigenvalue weighted by Gasteiger charge is -2.21. The molecule has 3 nitrogen and oxygen atoms in total. The van der Waals surface area contributed by atoms with E-state index in [0.717, 1.165) is 41.4 Å². The minimum absolute atomic E-state index is 0.733. The Hall–Kier alpha value is -1.68. The largest absolute Gasteiger partial charge is 0.318 e. The number of benzene rings is 1. The van der Waals surface area contributed by atoms with Crippen molar-refractivity contribution in [1.29, 1.82) is 0 Å². The van der Waals surface area contributed by atoms with E-state index in [2.05, 4.69) is 34.1 Å². The van der Waals surface area contributed by atoms with E-state index in [1.165, 1.54) is 29.0 Å². The molecule has 98 valence electrons. The molecule has 0 radical (unpaired) electrons. The number of anilines is 2. The molecule has 2 heterocycles. The highest BCUT2D eigenvalue weighted by Crippen LogP contribution is 2.35. The van der Waals surface area contributed by atoms with Gasteiger partial charge in [-0.05, 0) is 37.8 Å². The quantitative estimate of drug-likeness (QED) is 0.781. The van der Waals surface area contributed by atoms with Crippen molar-refractivity contribution in [2.24, 2.45) is 0 Å². The molecule has 0 saturated carbocycles. The Kier molecular flexibility index (Phi) is 3.34. The highest BCUT2D eigenvalue weighted by atomic mass is 32.1. The lowest BCUT2D eigenvalue weighted by molar-refractivity contribution is 0.112. The first-order chi connectivity index (χ1) is 9.29. The highest BCUT2D eigenvalue weighted by molar-refractivity contribution is 7.17. The predicted molar refractivity (Wildman–Crippen MR) is 78.6 cm³/mol. The van der Waals surface area contributed by atoms with Crippen LogP contribution in [0.2, 0.25) is 0 Å². The second-order valence-corrected chi connectivity index (χ2v) is 5.81. The Morgan fingerprint density at radius 1 is 1.32 bits per heavy atom. The third-order valence-corrected chi connectivity index (χ3v) is 4.63. The molecule has 4 heteroatoms. The van der Waals surface area contributed by atoms with E-state index in [-0.39, 0.29) is 0 Å². The first-order valence-electron chi connectivity index (χ1n) is 6.57. The van der Waals surface area contributed by atoms with Gasteiger partial charge >= 0.3 is 0 Å². The summed E-state index contributed by atoms with van der Waals surface area (Å²) in [7, 11) is 0. The van der Waals surface area contributed by atoms with Gasteiger partial charge in [0.1, 0.15) is 0 Å². The number of aryl methyl sites for hydroxylation is 2. The molecule has 0 spiro atoms. The van der Waals surface area contributed by atoms with E-state index >= 15 is 0 Å². The van der Waals surface area contributed by atoms with Gasteiger partial charge in [0, 0.05) is 12.2 Å². The lowest BCUT2D eigenvalue weighted by Crippen LogP contribution is -2.17. The molecular formula is C15H16N2OS. The summed E-state index contributed by atoms with van der Waals surface area (Å²) in [6.07, 6.45) is 4.39. The standard InChI is InChI=1S/C15H16N2OS/c1-11-14(10-18)19-15(16-11)17-9-5-4-7-12-6-2-3-8-13(12)17/h2-3,6,8,10H,4-5,7,9H2,1H3. The van der Waals surface area contributed by atoms with E-state index in [0.29, 0.717) is 0 Å². The molecule has 0 unspecified atom stereocenters. The van der Waals surface area contributed by atoms with Crippen LogP contribution in [0.3, 0.4) is 0 Å². The van der Waals surface area contributed by atoms with Crippen LogP contribution < -0.4 is 4.90 Å². The van der Waals surface area contributed by atoms with Crippen molar-refractivity contribution in [3.63, 3.8) is 0 Å². The fraction of sp³-hybridized carbons (Fsp3) is 0.333. The number of fused-ring (bicyclic) bond motifs is 1. The van der Waals surface area contributed by atoms with Crippen molar-refractivity contribution in [1.82, 2.24) is 4.98 Å². The second kappa shape index (κ2) is 5.13. The van der Waals surface area contributed by atoms with Gasteiger partial charge in [-0.25, -0.2) is 4.98 Å². The van der Waals surface area contributed by atoms with Gasteiger partial charge in [0.2, 0.25) is 0 Å². The maximum absolute atomic E-state index is 11.0. The first-order valence-corrected chi connectivity index (χ1v) is 7.39. The summed E-state index contributed by atoms with van der Waals surface area (Å²) in [5.41, 5.74) is 3.45. The van der Waals surface area contributed by atoms with Crippen molar-refractivity contribution < 1.29 is 4.79 Å². The minimum Gasteiger partial charge on any atom is -0.318 e. The average molecular weight is 272 g/mol. The fourth-order valence-corrected chi connectivity index (χ4v) is 3.43. The topological polar surface area (TPSA) is 33.2 Å². The van der Waals surface area contributed by atoms with Crippen LogP contribution in [0.4, 0.5) is 10.8 Å². The van der Waals surface area contributed by atoms with Crippen LogP contribution >= 0.6 is 11.3 Å². The van der Waals surface area contributed by atoms with Crippen LogP contribution in [0.1, 0.15) is 33.8 Å². The van der Waals surface area contributed by atoms with Crippen LogP contribution in [-0.4, -0.2) is 17.8 Å². The van der Waals surface area contributed by atoms with Crippen LogP contribution in [0.5, 0.6) is 0 Å². The van der Waals surface area contributed by atoms with Gasteiger partial charge in [-0.3, -0.25) is 4.79 Å². The second-order valence-electron chi connectivity index (χ2n) is 4.80. The van der Waals surface area contributed by atoms with Crippen molar-refractivity contribution in [2.45, 2.75) is 26.2 Å². The van der Waals surface area contributed by atoms with Crippen molar-refractivity contribution in [2.75, 3.05) is 11.4 Å². The fourth-order valence-electron chi connectivity index (χ4n) is 2.51. The smallest absolute Gasteiger partial charge is 0.190 e. The summed E-state index contributed by atoms with van der Waals surface area (Å²) in [4.78, 5) is 18.5. The normalized spacial score (nSPS) is 14.9. The zero-order chi connectivity index (χ0) is 13.2. The molecule has 0 saturated heterocycles. The van der Waals surface area contributed by atoms with Gasteiger partial charge in [0.25, 0.3) is 0 Å². The molecule has 0 amide bonds. The van der Waals surface area contributed by atoms with Crippen LogP contribution in [0.15, 0.2) is 24.3 Å². The SMILES string of the molecule is Cc1nc(N2CCCCc3ccccc32)sc1C=O. The summed E-state index contributed by atoms with van der Waals surface area (Å²) in [5, 5.41) is 0.939. The van der Waals surface area contributed by atoms with E-state index in [9.17, 15) is 4.79 Å². The molecule has 1 aliphatic rings. The minimum atomic E-state index is 0.733. The Bertz CT molecular complexity index is 606. The maximum Gasteiger partial charge on any atom is 0.190 e. The van der Waals surface area contributed by atoms with E-state index in [1.54, 1.807) is 0 Å². The lowest BCUT2D eigenvalue weighted by atomic mass is 10.1. The number of carbonyl (C=O) groups is 1. The van der Waals surface area contributed by atoms with Gasteiger partial charge < -0.3 is 4.90 Å². The Morgan fingerprint density at radius 3 is 2.95 bits per heavy atom. The van der Waals surface area contributed by atoms with Gasteiger partial charge in [0.15, 0.2) is 11.4 Å². The van der Waals surface area contributed by atoms with Gasteiger partial charge in [-0.2, -0.15) is 0 Å². The first kappa shape index (κ1) is 12.4. The number of hydrogen-bond acceptors (Lipinski definition) is 4. The number of carbonyl (C=O) groups excluding carboxylic acids is 1. The third kappa shape index (κ3) is 2.28. The predicted octanol–water partition coefficient (Wildman–Crippen LogP) is 3.74. The van der Waals surface area contributed by atoms with Gasteiger partial charge in [-0.1, -0.05) is 29.5 Å². The molecule has 2 aromatic rings. The molecule has 0 fully saturated rings. The molecule has 19 heavy (non-hydrogen) atoms. The number of hydrogen-bond donors (Lipinski definition) is 0. The zero-order valence-corrected chi connectivity index (χ0v) is 11.7. The summed E-state index contributed by atoms with van der Waals surface area (Å²) in [5.74, 6) is 0. The summed E-state index contributed by atoms with van der Waals surface area (Å²) < 4.78 is 0. The summed E-state index contributed by atoms with van der Waals surface area (Å²) in [6.45, 7) is 2.87. The number of thiazole rings is 1. The average Bonchev–Trinajstić information content (AvgIpc) is 2.68. The Labute approximate surface area is 116 Å². The third-order valence-electron chi connectivity index (χ3n) is 3.52. The van der Waals surface area contributed by atoms with E-state index in [1.807, 2.05) is 6.92 Å². The highest BCUT2D eigenvalue weighted by Gasteiger charge is 2.20. The summed E-state index contributed by atoms with van der Waals surface area (Å²) in [6, 6.07) is 8.50. The number of para-hydroxylation sites is 1. The van der Waals surface area contributed by atoms with Crippen LogP contribution in [0, 0.1) is 6.92 Å². The molecule has 1 aliphatic heterocycles. The number of rotatable bonds is 2. The Morgan fingerprint density at radius 2 is 2.16 bits per heavy atom. The molecule has 1 aromatic heterocycles. The van der Waals surface area contributed by atoms with E-state index in [4.69, 9.17) is 0 Å². The van der Waals surface area contributed by atoms with E-state index < -0.39 is 0 Å². The van der Waals surface area contributed by atoms with Crippen molar-refractivity contribution in [3.05, 3.63) is 40.4 Å². The van der Waals surface area contributed by atoms with Gasteiger partial charge in [0.05, 0.1) is 10.6 Å². The van der Waals surface area contributed by atoms with Gasteiger partial charge in [-0.15, -0.1) is 0 Å². The molecule has 0 N–H and O–H groups in total. The number of nitrogens with zero attached hydrogens (tertiary/aromatic N) is 2. The molecule has 0 atom stereocenters. The molecule has 1 aromatic carbocycles. The molecule has 0 bridgehead atoms. The molecule has 0 aliphatic carbocycles. The van der Waals surface area contributed by atoms with Crippen LogP contribution in [-0.2, 0) is 6.42 Å².